The first-order valence-electron chi connectivity index (χ1n) is 0.786. The van der Waals surface area contributed by atoms with Crippen molar-refractivity contribution in [3.63, 3.8) is 0 Å². The Morgan fingerprint density at radius 2 is 1.88 bits per heavy atom. The minimum Gasteiger partial charge on any atom is -1.00 e. The van der Waals surface area contributed by atoms with Gasteiger partial charge in [0, 0.05) is 4.53 Å². The second kappa shape index (κ2) is 16.0. The molecule has 0 rings (SSSR count). The maximum absolute atomic E-state index is 10.1. The van der Waals surface area contributed by atoms with Crippen LogP contribution >= 0.6 is 0 Å². The Bertz CT molecular complexity index is 65.6. The number of hydrogen-bond donors (Lipinski definition) is 1. The summed E-state index contributed by atoms with van der Waals surface area (Å²) in [7, 11) is -3.29. The van der Waals surface area contributed by atoms with E-state index in [2.05, 4.69) is 4.63 Å². The summed E-state index contributed by atoms with van der Waals surface area (Å²) in [5.41, 5.74) is 0. The van der Waals surface area contributed by atoms with Crippen molar-refractivity contribution in [3.8, 4) is 0 Å². The van der Waals surface area contributed by atoms with Crippen molar-refractivity contribution in [1.29, 1.82) is 0 Å². The van der Waals surface area contributed by atoms with E-state index < -0.39 is 9.17 Å². The van der Waals surface area contributed by atoms with Gasteiger partial charge in [0.1, 0.15) is 0 Å². The minimum atomic E-state index is -3.29. The van der Waals surface area contributed by atoms with Gasteiger partial charge in [0.25, 0.3) is 0 Å². The van der Waals surface area contributed by atoms with Gasteiger partial charge in [-0.1, -0.05) is 0 Å². The molecule has 0 amide bonds. The molecule has 0 spiro atoms. The fraction of sp³-hybridized carbons (Fsp3) is 0. The van der Waals surface area contributed by atoms with Crippen LogP contribution in [0.2, 0.25) is 0 Å². The van der Waals surface area contributed by atoms with Crippen LogP contribution in [0.5, 0.6) is 0 Å². The Hall–Kier alpha value is 1.91. The zero-order chi connectivity index (χ0) is 4.28. The third-order valence-corrected chi connectivity index (χ3v) is 0.198. The second-order valence-corrected chi connectivity index (χ2v) is 1.03. The summed E-state index contributed by atoms with van der Waals surface area (Å²) in [6.07, 6.45) is 0. The molecule has 1 N–H and O–H groups in total. The van der Waals surface area contributed by atoms with Gasteiger partial charge in [0.2, 0.25) is 0 Å². The van der Waals surface area contributed by atoms with Crippen molar-refractivity contribution in [1.82, 2.24) is 0 Å². The van der Waals surface area contributed by atoms with Crippen LogP contribution < -0.4 is 48.4 Å². The van der Waals surface area contributed by atoms with Gasteiger partial charge in [0.05, 0.1) is 0 Å². The van der Waals surface area contributed by atoms with E-state index in [0.717, 1.165) is 0 Å². The quantitative estimate of drug-likeness (QED) is 0.382. The van der Waals surface area contributed by atoms with Gasteiger partial charge in [-0.15, -0.1) is 0 Å². The molecule has 0 aromatic rings. The fourth-order valence-electron chi connectivity index (χ4n) is 0. The molecule has 0 fully saturated rings. The van der Waals surface area contributed by atoms with Crippen LogP contribution in [0.3, 0.4) is 0 Å². The monoisotopic (exact) mass is 154 g/mol. The van der Waals surface area contributed by atoms with Gasteiger partial charge in [0.15, 0.2) is 0 Å². The second-order valence-electron chi connectivity index (χ2n) is 0.343. The molecule has 0 aliphatic heterocycles. The smallest absolute Gasteiger partial charge is 1.00 e. The molecule has 0 atom stereocenters. The number of hydrogen-bond acceptors (Lipinski definition) is 2. The van der Waals surface area contributed by atoms with E-state index in [-0.39, 0.29) is 77.2 Å². The van der Waals surface area contributed by atoms with Crippen molar-refractivity contribution in [2.75, 3.05) is 0 Å². The summed E-state index contributed by atoms with van der Waals surface area (Å²) < 4.78 is 21.4. The molecule has 0 bridgehead atoms. The van der Waals surface area contributed by atoms with E-state index in [1.54, 1.807) is 0 Å². The van der Waals surface area contributed by atoms with Crippen LogP contribution in [0.15, 0.2) is 0 Å². The first kappa shape index (κ1) is 22.5. The van der Waals surface area contributed by atoms with Crippen LogP contribution in [0.25, 0.3) is 0 Å². The Balaban J connectivity index is -0.00000000381. The third kappa shape index (κ3) is 24.7. The number of rotatable bonds is 1. The molecule has 0 aliphatic rings. The van der Waals surface area contributed by atoms with Crippen LogP contribution in [-0.4, -0.2) is 37.0 Å². The maximum atomic E-state index is 10.1. The number of halogens is 1. The third-order valence-electron chi connectivity index (χ3n) is 0.0660. The van der Waals surface area contributed by atoms with Gasteiger partial charge in [-0.3, -0.25) is 9.09 Å². The summed E-state index contributed by atoms with van der Waals surface area (Å²) in [6.45, 7) is 0. The Morgan fingerprint density at radius 1 is 1.75 bits per heavy atom. The summed E-state index contributed by atoms with van der Waals surface area (Å²) >= 11 is 0. The molecule has 0 saturated carbocycles. The fourth-order valence-corrected chi connectivity index (χ4v) is 0. The average Bonchev–Trinajstić information content (AvgIpc) is 1.38. The van der Waals surface area contributed by atoms with E-state index in [1.165, 1.54) is 0 Å². The van der Waals surface area contributed by atoms with E-state index in [0.29, 0.717) is 0 Å². The maximum Gasteiger partial charge on any atom is 2.00 e. The molecule has 3 nitrogen and oxygen atoms in total. The molecule has 0 heterocycles. The van der Waals surface area contributed by atoms with Gasteiger partial charge < -0.3 is 10.5 Å². The molecule has 8 heavy (non-hydrogen) atoms. The van der Waals surface area contributed by atoms with E-state index in [1.807, 2.05) is 0 Å². The van der Waals surface area contributed by atoms with Crippen LogP contribution in [0.1, 0.15) is 5.71 Å². The Kier molecular flexibility index (Phi) is 44.9. The molecular formula is H5FLiMgNaO3Si. The zero-order valence-electron chi connectivity index (χ0n) is 8.85. The predicted molar refractivity (Wildman–Crippen MR) is 21.1 cm³/mol. The largest absolute Gasteiger partial charge is 2.00 e. The van der Waals surface area contributed by atoms with Crippen molar-refractivity contribution in [2.45, 2.75) is 0 Å². The summed E-state index contributed by atoms with van der Waals surface area (Å²) in [5, 5.41) is 0. The standard InChI is InChI=1S/FHO3Si.Li.Mg.Na.4H/c1-4-5(2)3;;;;;;;/h2H;;;;;;;/q;+1;+2;+1;4*-1. The van der Waals surface area contributed by atoms with Crippen LogP contribution in [-0.2, 0) is 9.09 Å². The van der Waals surface area contributed by atoms with Gasteiger partial charge in [-0.05, 0) is 0 Å². The molecule has 0 aromatic carbocycles. The van der Waals surface area contributed by atoms with Crippen molar-refractivity contribution < 1.29 is 72.5 Å². The van der Waals surface area contributed by atoms with Crippen LogP contribution in [0.4, 0.5) is 4.53 Å². The molecule has 0 aliphatic carbocycles. The van der Waals surface area contributed by atoms with Gasteiger partial charge >= 0.3 is 80.6 Å². The van der Waals surface area contributed by atoms with Crippen molar-refractivity contribution in [2.24, 2.45) is 0 Å². The van der Waals surface area contributed by atoms with Crippen molar-refractivity contribution in [3.05, 3.63) is 0 Å². The van der Waals surface area contributed by atoms with E-state index in [9.17, 15) is 4.53 Å². The Labute approximate surface area is 104 Å². The zero-order valence-corrected chi connectivity index (χ0v) is 9.26. The van der Waals surface area contributed by atoms with Crippen LogP contribution in [0, 0.1) is 0 Å². The SMILES string of the molecule is O=[Si](O)OF.[H-].[H-].[H-].[H-].[Li+].[Mg+2].[Na+]. The molecular weight excluding hydrogens is 149 g/mol. The Morgan fingerprint density at radius 3 is 1.88 bits per heavy atom. The molecule has 0 radical (unpaired) electrons. The molecule has 8 heteroatoms. The molecule has 0 unspecified atom stereocenters. The topological polar surface area (TPSA) is 46.5 Å². The minimum absolute atomic E-state index is 0. The first-order chi connectivity index (χ1) is 2.27. The van der Waals surface area contributed by atoms with Gasteiger partial charge in [-0.2, -0.15) is 0 Å². The van der Waals surface area contributed by atoms with E-state index >= 15 is 0 Å². The molecule has 0 saturated heterocycles. The molecule has 38 valence electrons. The van der Waals surface area contributed by atoms with Gasteiger partial charge in [-0.25, -0.2) is 0 Å². The summed E-state index contributed by atoms with van der Waals surface area (Å²) in [6, 6.07) is 0. The normalized spacial score (nSPS) is 4.12. The average molecular weight is 154 g/mol. The summed E-state index contributed by atoms with van der Waals surface area (Å²) in [5.74, 6) is 0. The van der Waals surface area contributed by atoms with Crippen molar-refractivity contribution >= 4 is 32.2 Å². The predicted octanol–water partition coefficient (Wildman–Crippen LogP) is -6.63. The van der Waals surface area contributed by atoms with E-state index in [4.69, 9.17) is 9.26 Å². The summed E-state index contributed by atoms with van der Waals surface area (Å²) in [4.78, 5) is 7.31. The first-order valence-corrected chi connectivity index (χ1v) is 2.05. The molecule has 0 aromatic heterocycles.